The molecule has 0 radical (unpaired) electrons. The molecule has 0 amide bonds. The molecule has 0 fully saturated rings. The molecule has 0 aliphatic rings. The van der Waals surface area contributed by atoms with Crippen molar-refractivity contribution in [3.63, 3.8) is 0 Å². The second kappa shape index (κ2) is 9.38. The van der Waals surface area contributed by atoms with Gasteiger partial charge in [-0.25, -0.2) is 4.99 Å². The lowest BCUT2D eigenvalue weighted by molar-refractivity contribution is 0.747. The molecule has 1 aromatic heterocycles. The molecule has 5 heteroatoms. The van der Waals surface area contributed by atoms with Crippen LogP contribution < -0.4 is 11.1 Å². The van der Waals surface area contributed by atoms with Crippen molar-refractivity contribution in [3.05, 3.63) is 30.1 Å². The van der Waals surface area contributed by atoms with Crippen LogP contribution >= 0.6 is 24.0 Å². The topological polar surface area (TPSA) is 63.3 Å². The number of nitrogens with two attached hydrogens (primary N) is 1. The molecule has 0 bridgehead atoms. The van der Waals surface area contributed by atoms with E-state index in [1.807, 2.05) is 18.2 Å². The molecule has 0 aliphatic heterocycles. The van der Waals surface area contributed by atoms with E-state index in [1.165, 1.54) is 0 Å². The van der Waals surface area contributed by atoms with Crippen LogP contribution in [0.15, 0.2) is 29.4 Å². The lowest BCUT2D eigenvalue weighted by Crippen LogP contribution is -2.32. The van der Waals surface area contributed by atoms with Gasteiger partial charge in [-0.2, -0.15) is 0 Å². The molecular formula is C11H19IN4. The summed E-state index contributed by atoms with van der Waals surface area (Å²) in [6.07, 6.45) is 4.02. The van der Waals surface area contributed by atoms with E-state index in [1.54, 1.807) is 6.20 Å². The van der Waals surface area contributed by atoms with Crippen LogP contribution in [0.1, 0.15) is 25.5 Å². The predicted molar refractivity (Wildman–Crippen MR) is 77.9 cm³/mol. The average molecular weight is 334 g/mol. The molecule has 0 spiro atoms. The van der Waals surface area contributed by atoms with Crippen molar-refractivity contribution >= 4 is 29.9 Å². The number of hydrogen-bond acceptors (Lipinski definition) is 2. The summed E-state index contributed by atoms with van der Waals surface area (Å²) in [5, 5.41) is 3.05. The molecule has 1 heterocycles. The number of aromatic nitrogens is 1. The van der Waals surface area contributed by atoms with Crippen LogP contribution in [0, 0.1) is 0 Å². The van der Waals surface area contributed by atoms with E-state index in [2.05, 4.69) is 22.2 Å². The third-order valence-corrected chi connectivity index (χ3v) is 1.97. The molecule has 0 unspecified atom stereocenters. The third kappa shape index (κ3) is 6.60. The molecule has 0 saturated carbocycles. The first kappa shape index (κ1) is 15.2. The van der Waals surface area contributed by atoms with E-state index >= 15 is 0 Å². The van der Waals surface area contributed by atoms with Gasteiger partial charge in [0.25, 0.3) is 0 Å². The molecule has 16 heavy (non-hydrogen) atoms. The molecule has 0 aliphatic carbocycles. The predicted octanol–water partition coefficient (Wildman–Crippen LogP) is 1.90. The quantitative estimate of drug-likeness (QED) is 0.374. The Balaban J connectivity index is 0.00000225. The first-order valence-corrected chi connectivity index (χ1v) is 5.26. The minimum absolute atomic E-state index is 0. The number of aliphatic imine (C=N–C) groups is 1. The van der Waals surface area contributed by atoms with E-state index in [0.29, 0.717) is 12.5 Å². The number of halogens is 1. The Morgan fingerprint density at radius 3 is 2.94 bits per heavy atom. The van der Waals surface area contributed by atoms with Crippen LogP contribution in [0.25, 0.3) is 0 Å². The van der Waals surface area contributed by atoms with Crippen molar-refractivity contribution in [3.8, 4) is 0 Å². The normalized spacial score (nSPS) is 10.7. The Bertz CT molecular complexity index is 300. The monoisotopic (exact) mass is 334 g/mol. The molecule has 0 aromatic carbocycles. The van der Waals surface area contributed by atoms with Gasteiger partial charge in [0, 0.05) is 12.7 Å². The smallest absolute Gasteiger partial charge is 0.188 e. The maximum absolute atomic E-state index is 5.67. The second-order valence-electron chi connectivity index (χ2n) is 3.30. The molecule has 4 nitrogen and oxygen atoms in total. The number of rotatable bonds is 5. The van der Waals surface area contributed by atoms with Crippen LogP contribution in [0.2, 0.25) is 0 Å². The fraction of sp³-hybridized carbons (Fsp3) is 0.455. The number of nitrogens with one attached hydrogen (secondary N) is 1. The molecule has 1 aromatic rings. The van der Waals surface area contributed by atoms with E-state index in [0.717, 1.165) is 25.1 Å². The summed E-state index contributed by atoms with van der Waals surface area (Å²) in [4.78, 5) is 8.34. The van der Waals surface area contributed by atoms with Crippen LogP contribution in [0.4, 0.5) is 0 Å². The first-order valence-electron chi connectivity index (χ1n) is 5.26. The fourth-order valence-electron chi connectivity index (χ4n) is 1.11. The van der Waals surface area contributed by atoms with Gasteiger partial charge in [0.15, 0.2) is 5.96 Å². The lowest BCUT2D eigenvalue weighted by atomic mass is 10.3. The summed E-state index contributed by atoms with van der Waals surface area (Å²) in [7, 11) is 0. The minimum atomic E-state index is 0. The van der Waals surface area contributed by atoms with Crippen LogP contribution in [0.3, 0.4) is 0 Å². The third-order valence-electron chi connectivity index (χ3n) is 1.97. The zero-order valence-electron chi connectivity index (χ0n) is 9.52. The summed E-state index contributed by atoms with van der Waals surface area (Å²) in [5.74, 6) is 0.495. The van der Waals surface area contributed by atoms with Gasteiger partial charge in [-0.1, -0.05) is 19.4 Å². The van der Waals surface area contributed by atoms with Crippen molar-refractivity contribution in [2.75, 3.05) is 6.54 Å². The number of pyridine rings is 1. The fourth-order valence-corrected chi connectivity index (χ4v) is 1.11. The van der Waals surface area contributed by atoms with Crippen molar-refractivity contribution in [2.24, 2.45) is 10.7 Å². The Labute approximate surface area is 114 Å². The van der Waals surface area contributed by atoms with Crippen LogP contribution in [-0.4, -0.2) is 17.5 Å². The summed E-state index contributed by atoms with van der Waals surface area (Å²) >= 11 is 0. The van der Waals surface area contributed by atoms with Gasteiger partial charge in [0.05, 0.1) is 12.2 Å². The van der Waals surface area contributed by atoms with E-state index < -0.39 is 0 Å². The molecule has 0 saturated heterocycles. The highest BCUT2D eigenvalue weighted by Gasteiger charge is 1.92. The Kier molecular flexibility index (Phi) is 8.88. The second-order valence-corrected chi connectivity index (χ2v) is 3.30. The van der Waals surface area contributed by atoms with E-state index in [4.69, 9.17) is 5.73 Å². The maximum atomic E-state index is 5.67. The largest absolute Gasteiger partial charge is 0.370 e. The van der Waals surface area contributed by atoms with Gasteiger partial charge in [-0.05, 0) is 18.6 Å². The summed E-state index contributed by atoms with van der Waals surface area (Å²) in [6.45, 7) is 3.56. The van der Waals surface area contributed by atoms with E-state index in [-0.39, 0.29) is 24.0 Å². The van der Waals surface area contributed by atoms with Gasteiger partial charge >= 0.3 is 0 Å². The van der Waals surface area contributed by atoms with Gasteiger partial charge in [-0.3, -0.25) is 4.98 Å². The SMILES string of the molecule is CCCCNC(N)=NCc1ccccn1.I. The maximum Gasteiger partial charge on any atom is 0.188 e. The van der Waals surface area contributed by atoms with Gasteiger partial charge in [0.2, 0.25) is 0 Å². The van der Waals surface area contributed by atoms with Crippen molar-refractivity contribution in [1.82, 2.24) is 10.3 Å². The van der Waals surface area contributed by atoms with Gasteiger partial charge < -0.3 is 11.1 Å². The molecular weight excluding hydrogens is 315 g/mol. The van der Waals surface area contributed by atoms with Crippen LogP contribution in [-0.2, 0) is 6.54 Å². The number of guanidine groups is 1. The average Bonchev–Trinajstić information content (AvgIpc) is 2.28. The summed E-state index contributed by atoms with van der Waals surface area (Å²) < 4.78 is 0. The highest BCUT2D eigenvalue weighted by Crippen LogP contribution is 1.94. The summed E-state index contributed by atoms with van der Waals surface area (Å²) in [5.41, 5.74) is 6.60. The summed E-state index contributed by atoms with van der Waals surface area (Å²) in [6, 6.07) is 5.76. The van der Waals surface area contributed by atoms with Gasteiger partial charge in [-0.15, -0.1) is 24.0 Å². The highest BCUT2D eigenvalue weighted by atomic mass is 127. The standard InChI is InChI=1S/C11H18N4.HI/c1-2-3-7-14-11(12)15-9-10-6-4-5-8-13-10;/h4-6,8H,2-3,7,9H2,1H3,(H3,12,14,15);1H. The number of unbranched alkanes of at least 4 members (excludes halogenated alkanes) is 1. The lowest BCUT2D eigenvalue weighted by Gasteiger charge is -2.03. The van der Waals surface area contributed by atoms with Crippen molar-refractivity contribution in [2.45, 2.75) is 26.3 Å². The minimum Gasteiger partial charge on any atom is -0.370 e. The molecule has 0 atom stereocenters. The zero-order valence-corrected chi connectivity index (χ0v) is 11.8. The van der Waals surface area contributed by atoms with E-state index in [9.17, 15) is 0 Å². The Morgan fingerprint density at radius 2 is 2.31 bits per heavy atom. The molecule has 90 valence electrons. The van der Waals surface area contributed by atoms with Crippen molar-refractivity contribution < 1.29 is 0 Å². The van der Waals surface area contributed by atoms with Crippen LogP contribution in [0.5, 0.6) is 0 Å². The number of nitrogens with zero attached hydrogens (tertiary/aromatic N) is 2. The Morgan fingerprint density at radius 1 is 1.50 bits per heavy atom. The van der Waals surface area contributed by atoms with Gasteiger partial charge in [0.1, 0.15) is 0 Å². The first-order chi connectivity index (χ1) is 7.33. The van der Waals surface area contributed by atoms with Crippen molar-refractivity contribution in [1.29, 1.82) is 0 Å². The number of hydrogen-bond donors (Lipinski definition) is 2. The highest BCUT2D eigenvalue weighted by molar-refractivity contribution is 14.0. The molecule has 3 N–H and O–H groups in total. The zero-order chi connectivity index (χ0) is 10.9. The molecule has 1 rings (SSSR count). The Hall–Kier alpha value is -0.850.